The molecule has 1 aliphatic rings. The van der Waals surface area contributed by atoms with E-state index in [0.717, 1.165) is 12.8 Å². The fraction of sp³-hybridized carbons (Fsp3) is 0.500. The van der Waals surface area contributed by atoms with Crippen LogP contribution in [0.2, 0.25) is 0 Å². The molecule has 2 rings (SSSR count). The number of ether oxygens (including phenoxy) is 2. The van der Waals surface area contributed by atoms with Crippen molar-refractivity contribution >= 4 is 11.9 Å². The number of aryl methyl sites for hydroxylation is 2. The van der Waals surface area contributed by atoms with Crippen LogP contribution in [0.25, 0.3) is 0 Å². The van der Waals surface area contributed by atoms with Gasteiger partial charge >= 0.3 is 5.97 Å². The Hall–Kier alpha value is -2.08. The standard InChI is InChI=1S/C16H21NO5/c1-21-14(16(19)20)9-17-15(18)10-22-13-7-6-11-4-2-3-5-12(11)8-13/h6-8,14H,2-5,9-10H2,1H3,(H,17,18)(H,19,20). The number of methoxy groups -OCH3 is 1. The smallest absolute Gasteiger partial charge is 0.334 e. The summed E-state index contributed by atoms with van der Waals surface area (Å²) in [4.78, 5) is 22.4. The molecule has 1 atom stereocenters. The number of hydrogen-bond donors (Lipinski definition) is 2. The van der Waals surface area contributed by atoms with E-state index in [1.807, 2.05) is 18.2 Å². The fourth-order valence-electron chi connectivity index (χ4n) is 2.48. The Morgan fingerprint density at radius 2 is 2.00 bits per heavy atom. The molecule has 1 amide bonds. The van der Waals surface area contributed by atoms with Crippen LogP contribution >= 0.6 is 0 Å². The molecule has 0 saturated carbocycles. The van der Waals surface area contributed by atoms with Crippen LogP contribution < -0.4 is 10.1 Å². The van der Waals surface area contributed by atoms with Crippen molar-refractivity contribution in [3.8, 4) is 5.75 Å². The third kappa shape index (κ3) is 4.46. The molecule has 0 heterocycles. The molecule has 1 aromatic carbocycles. The van der Waals surface area contributed by atoms with Crippen molar-refractivity contribution in [2.75, 3.05) is 20.3 Å². The Bertz CT molecular complexity index is 543. The monoisotopic (exact) mass is 307 g/mol. The lowest BCUT2D eigenvalue weighted by molar-refractivity contribution is -0.148. The summed E-state index contributed by atoms with van der Waals surface area (Å²) in [7, 11) is 1.29. The molecule has 6 nitrogen and oxygen atoms in total. The van der Waals surface area contributed by atoms with Gasteiger partial charge in [-0.05, 0) is 48.9 Å². The Labute approximate surface area is 129 Å². The number of nitrogens with one attached hydrogen (secondary N) is 1. The molecule has 1 aliphatic carbocycles. The van der Waals surface area contributed by atoms with Crippen LogP contribution in [-0.2, 0) is 27.2 Å². The number of carbonyl (C=O) groups excluding carboxylic acids is 1. The fourth-order valence-corrected chi connectivity index (χ4v) is 2.48. The lowest BCUT2D eigenvalue weighted by Gasteiger charge is -2.17. The molecule has 0 spiro atoms. The summed E-state index contributed by atoms with van der Waals surface area (Å²) in [6, 6.07) is 5.90. The Morgan fingerprint density at radius 1 is 1.27 bits per heavy atom. The number of hydrogen-bond acceptors (Lipinski definition) is 4. The highest BCUT2D eigenvalue weighted by atomic mass is 16.5. The zero-order valence-corrected chi connectivity index (χ0v) is 12.6. The molecule has 0 aromatic heterocycles. The molecule has 22 heavy (non-hydrogen) atoms. The first-order valence-corrected chi connectivity index (χ1v) is 7.37. The summed E-state index contributed by atoms with van der Waals surface area (Å²) < 4.78 is 10.2. The van der Waals surface area contributed by atoms with Gasteiger partial charge in [0.1, 0.15) is 5.75 Å². The summed E-state index contributed by atoms with van der Waals surface area (Å²) in [5.74, 6) is -0.822. The number of benzene rings is 1. The van der Waals surface area contributed by atoms with Crippen LogP contribution in [0.1, 0.15) is 24.0 Å². The molecule has 0 bridgehead atoms. The van der Waals surface area contributed by atoms with Crippen molar-refractivity contribution in [3.63, 3.8) is 0 Å². The lowest BCUT2D eigenvalue weighted by atomic mass is 9.92. The van der Waals surface area contributed by atoms with E-state index in [9.17, 15) is 9.59 Å². The minimum atomic E-state index is -1.11. The van der Waals surface area contributed by atoms with E-state index in [1.165, 1.54) is 31.1 Å². The van der Waals surface area contributed by atoms with Gasteiger partial charge in [-0.3, -0.25) is 4.79 Å². The van der Waals surface area contributed by atoms with Crippen LogP contribution in [0.15, 0.2) is 18.2 Å². The van der Waals surface area contributed by atoms with E-state index in [2.05, 4.69) is 5.32 Å². The highest BCUT2D eigenvalue weighted by Crippen LogP contribution is 2.25. The van der Waals surface area contributed by atoms with Crippen LogP contribution in [-0.4, -0.2) is 43.3 Å². The average Bonchev–Trinajstić information content (AvgIpc) is 2.53. The third-order valence-electron chi connectivity index (χ3n) is 3.73. The Morgan fingerprint density at radius 3 is 2.68 bits per heavy atom. The maximum atomic E-state index is 11.7. The maximum Gasteiger partial charge on any atom is 0.334 e. The van der Waals surface area contributed by atoms with Gasteiger partial charge in [0.05, 0.1) is 6.54 Å². The summed E-state index contributed by atoms with van der Waals surface area (Å²) in [5.41, 5.74) is 2.64. The topological polar surface area (TPSA) is 84.9 Å². The van der Waals surface area contributed by atoms with Crippen LogP contribution in [0.3, 0.4) is 0 Å². The summed E-state index contributed by atoms with van der Waals surface area (Å²) >= 11 is 0. The van der Waals surface area contributed by atoms with Crippen LogP contribution in [0.5, 0.6) is 5.75 Å². The van der Waals surface area contributed by atoms with E-state index < -0.39 is 12.1 Å². The van der Waals surface area contributed by atoms with Gasteiger partial charge in [0.25, 0.3) is 5.91 Å². The predicted octanol–water partition coefficient (Wildman–Crippen LogP) is 1.16. The van der Waals surface area contributed by atoms with Gasteiger partial charge in [-0.1, -0.05) is 6.07 Å². The number of carbonyl (C=O) groups is 2. The van der Waals surface area contributed by atoms with Gasteiger partial charge in [0.15, 0.2) is 12.7 Å². The SMILES string of the molecule is COC(CNC(=O)COc1ccc2c(c1)CCCC2)C(=O)O. The van der Waals surface area contributed by atoms with Crippen molar-refractivity contribution < 1.29 is 24.2 Å². The summed E-state index contributed by atoms with van der Waals surface area (Å²) in [6.45, 7) is -0.229. The highest BCUT2D eigenvalue weighted by molar-refractivity contribution is 5.79. The number of aliphatic carboxylic acids is 1. The van der Waals surface area contributed by atoms with E-state index in [-0.39, 0.29) is 19.1 Å². The van der Waals surface area contributed by atoms with Gasteiger partial charge in [0, 0.05) is 7.11 Å². The third-order valence-corrected chi connectivity index (χ3v) is 3.73. The molecule has 1 unspecified atom stereocenters. The quantitative estimate of drug-likeness (QED) is 0.789. The minimum absolute atomic E-state index is 0.0851. The summed E-state index contributed by atoms with van der Waals surface area (Å²) in [6.07, 6.45) is 3.51. The maximum absolute atomic E-state index is 11.7. The first kappa shape index (κ1) is 16.3. The van der Waals surface area contributed by atoms with E-state index in [0.29, 0.717) is 5.75 Å². The summed E-state index contributed by atoms with van der Waals surface area (Å²) in [5, 5.41) is 11.3. The van der Waals surface area contributed by atoms with Crippen molar-refractivity contribution in [2.45, 2.75) is 31.8 Å². The molecule has 120 valence electrons. The zero-order chi connectivity index (χ0) is 15.9. The predicted molar refractivity (Wildman–Crippen MR) is 80.0 cm³/mol. The highest BCUT2D eigenvalue weighted by Gasteiger charge is 2.17. The molecular formula is C16H21NO5. The molecule has 0 fully saturated rings. The normalized spacial score (nSPS) is 14.8. The number of carboxylic acids is 1. The van der Waals surface area contributed by atoms with Crippen LogP contribution in [0.4, 0.5) is 0 Å². The second kappa shape index (κ2) is 7.79. The second-order valence-corrected chi connectivity index (χ2v) is 5.29. The Balaban J connectivity index is 1.80. The number of amides is 1. The largest absolute Gasteiger partial charge is 0.484 e. The first-order valence-electron chi connectivity index (χ1n) is 7.37. The van der Waals surface area contributed by atoms with Crippen molar-refractivity contribution in [1.29, 1.82) is 0 Å². The van der Waals surface area contributed by atoms with Crippen molar-refractivity contribution in [2.24, 2.45) is 0 Å². The van der Waals surface area contributed by atoms with E-state index >= 15 is 0 Å². The zero-order valence-electron chi connectivity index (χ0n) is 12.6. The average molecular weight is 307 g/mol. The lowest BCUT2D eigenvalue weighted by Crippen LogP contribution is -2.39. The minimum Gasteiger partial charge on any atom is -0.484 e. The van der Waals surface area contributed by atoms with Gasteiger partial charge in [-0.2, -0.15) is 0 Å². The van der Waals surface area contributed by atoms with E-state index in [1.54, 1.807) is 0 Å². The molecule has 1 aromatic rings. The molecule has 6 heteroatoms. The van der Waals surface area contributed by atoms with Gasteiger partial charge in [0.2, 0.25) is 0 Å². The molecule has 0 saturated heterocycles. The Kier molecular flexibility index (Phi) is 5.77. The molecule has 0 radical (unpaired) electrons. The van der Waals surface area contributed by atoms with E-state index in [4.69, 9.17) is 14.6 Å². The molecule has 2 N–H and O–H groups in total. The molecular weight excluding hydrogens is 286 g/mol. The number of fused-ring (bicyclic) bond motifs is 1. The van der Waals surface area contributed by atoms with Crippen molar-refractivity contribution in [1.82, 2.24) is 5.32 Å². The molecule has 0 aliphatic heterocycles. The number of carboxylic acid groups (broad SMARTS) is 1. The second-order valence-electron chi connectivity index (χ2n) is 5.29. The van der Waals surface area contributed by atoms with Gasteiger partial charge in [-0.15, -0.1) is 0 Å². The van der Waals surface area contributed by atoms with Gasteiger partial charge in [-0.25, -0.2) is 4.79 Å². The van der Waals surface area contributed by atoms with Crippen molar-refractivity contribution in [3.05, 3.63) is 29.3 Å². The first-order chi connectivity index (χ1) is 10.6. The number of rotatable bonds is 7. The van der Waals surface area contributed by atoms with Crippen LogP contribution in [0, 0.1) is 0 Å². The van der Waals surface area contributed by atoms with Gasteiger partial charge < -0.3 is 19.9 Å².